The Kier molecular flexibility index (Phi) is 4.15. The van der Waals surface area contributed by atoms with E-state index in [1.165, 1.54) is 0 Å². The number of phenolic OH excluding ortho intramolecular Hbond substituents is 1. The van der Waals surface area contributed by atoms with Gasteiger partial charge in [-0.05, 0) is 37.8 Å². The highest BCUT2D eigenvalue weighted by molar-refractivity contribution is 5.77. The number of phenols is 1. The number of aromatic nitrogens is 3. The third kappa shape index (κ3) is 3.36. The summed E-state index contributed by atoms with van der Waals surface area (Å²) < 4.78 is 1.74. The smallest absolute Gasteiger partial charge is 0.177 e. The lowest BCUT2D eigenvalue weighted by Crippen LogP contribution is -2.33. The number of para-hydroxylation sites is 2. The Morgan fingerprint density at radius 1 is 1.12 bits per heavy atom. The Morgan fingerprint density at radius 2 is 1.92 bits per heavy atom. The van der Waals surface area contributed by atoms with E-state index < -0.39 is 0 Å². The number of hydrogen-bond acceptors (Lipinski definition) is 6. The van der Waals surface area contributed by atoms with Gasteiger partial charge < -0.3 is 21.5 Å². The van der Waals surface area contributed by atoms with Crippen LogP contribution >= 0.6 is 0 Å². The topological polar surface area (TPSA) is 100 Å². The number of fused-ring (bicyclic) bond motifs is 1. The van der Waals surface area contributed by atoms with Crippen LogP contribution in [0.3, 0.4) is 0 Å². The quantitative estimate of drug-likeness (QED) is 0.546. The first-order chi connectivity index (χ1) is 12.2. The molecule has 0 unspecified atom stereocenters. The van der Waals surface area contributed by atoms with Gasteiger partial charge in [-0.1, -0.05) is 12.1 Å². The van der Waals surface area contributed by atoms with Crippen molar-refractivity contribution in [1.29, 1.82) is 0 Å². The molecule has 0 saturated heterocycles. The van der Waals surface area contributed by atoms with Gasteiger partial charge in [0.1, 0.15) is 11.6 Å². The summed E-state index contributed by atoms with van der Waals surface area (Å²) in [6.45, 7) is 0. The van der Waals surface area contributed by atoms with Crippen molar-refractivity contribution >= 4 is 22.8 Å². The zero-order valence-electron chi connectivity index (χ0n) is 13.9. The minimum absolute atomic E-state index is 0.194. The molecule has 1 saturated carbocycles. The Hall–Kier alpha value is -2.80. The summed E-state index contributed by atoms with van der Waals surface area (Å²) in [4.78, 5) is 4.35. The first-order valence-electron chi connectivity index (χ1n) is 8.60. The maximum Gasteiger partial charge on any atom is 0.177 e. The number of benzene rings is 1. The minimum atomic E-state index is 0.194. The van der Waals surface area contributed by atoms with Gasteiger partial charge in [-0.25, -0.2) is 9.50 Å². The number of nitrogens with one attached hydrogen (secondary N) is 2. The van der Waals surface area contributed by atoms with Gasteiger partial charge in [0.25, 0.3) is 0 Å². The van der Waals surface area contributed by atoms with Gasteiger partial charge in [0.2, 0.25) is 0 Å². The Balaban J connectivity index is 1.62. The number of nitrogens with zero attached hydrogens (tertiary/aromatic N) is 3. The van der Waals surface area contributed by atoms with Gasteiger partial charge in [0.05, 0.1) is 11.4 Å². The van der Waals surface area contributed by atoms with Crippen LogP contribution in [0.25, 0.3) is 5.65 Å². The van der Waals surface area contributed by atoms with Crippen molar-refractivity contribution < 1.29 is 5.11 Å². The molecule has 0 bridgehead atoms. The van der Waals surface area contributed by atoms with Gasteiger partial charge in [-0.3, -0.25) is 0 Å². The van der Waals surface area contributed by atoms with Crippen LogP contribution in [0.5, 0.6) is 5.75 Å². The normalized spacial score (nSPS) is 20.5. The lowest BCUT2D eigenvalue weighted by Gasteiger charge is -2.27. The summed E-state index contributed by atoms with van der Waals surface area (Å²) >= 11 is 0. The predicted octanol–water partition coefficient (Wildman–Crippen LogP) is 2.86. The van der Waals surface area contributed by atoms with E-state index in [1.807, 2.05) is 24.4 Å². The van der Waals surface area contributed by atoms with E-state index in [-0.39, 0.29) is 5.75 Å². The molecule has 0 spiro atoms. The van der Waals surface area contributed by atoms with Gasteiger partial charge in [0, 0.05) is 30.5 Å². The molecule has 25 heavy (non-hydrogen) atoms. The van der Waals surface area contributed by atoms with Crippen LogP contribution in [-0.2, 0) is 0 Å². The number of imidazole rings is 1. The average molecular weight is 338 g/mol. The SMILES string of the molecule is NC1CCC(Nc2cc(Nc3ccccc3O)c3nccn3n2)CC1. The van der Waals surface area contributed by atoms with Crippen LogP contribution in [0.15, 0.2) is 42.7 Å². The van der Waals surface area contributed by atoms with E-state index in [9.17, 15) is 5.11 Å². The first kappa shape index (κ1) is 15.7. The molecular weight excluding hydrogens is 316 g/mol. The largest absolute Gasteiger partial charge is 0.506 e. The van der Waals surface area contributed by atoms with Crippen LogP contribution in [-0.4, -0.2) is 31.8 Å². The summed E-state index contributed by atoms with van der Waals surface area (Å²) in [5, 5.41) is 21.4. The third-order valence-electron chi connectivity index (χ3n) is 4.66. The van der Waals surface area contributed by atoms with Crippen molar-refractivity contribution in [2.45, 2.75) is 37.8 Å². The summed E-state index contributed by atoms with van der Waals surface area (Å²) in [5.41, 5.74) is 8.11. The van der Waals surface area contributed by atoms with Gasteiger partial charge in [-0.2, -0.15) is 0 Å². The van der Waals surface area contributed by atoms with E-state index in [0.717, 1.165) is 37.2 Å². The monoisotopic (exact) mass is 338 g/mol. The molecule has 0 radical (unpaired) electrons. The summed E-state index contributed by atoms with van der Waals surface area (Å²) in [7, 11) is 0. The third-order valence-corrected chi connectivity index (χ3v) is 4.66. The molecule has 0 amide bonds. The average Bonchev–Trinajstić information content (AvgIpc) is 3.08. The fraction of sp³-hybridized carbons (Fsp3) is 0.333. The first-order valence-corrected chi connectivity index (χ1v) is 8.60. The Bertz CT molecular complexity index is 869. The molecule has 1 aliphatic carbocycles. The van der Waals surface area contributed by atoms with Crippen molar-refractivity contribution in [1.82, 2.24) is 14.6 Å². The highest BCUT2D eigenvalue weighted by atomic mass is 16.3. The maximum absolute atomic E-state index is 10.0. The Labute approximate surface area is 145 Å². The summed E-state index contributed by atoms with van der Waals surface area (Å²) in [6.07, 6.45) is 7.69. The van der Waals surface area contributed by atoms with Gasteiger partial charge in [0.15, 0.2) is 5.65 Å². The van der Waals surface area contributed by atoms with Crippen molar-refractivity contribution in [3.63, 3.8) is 0 Å². The van der Waals surface area contributed by atoms with Crippen molar-refractivity contribution in [3.8, 4) is 5.75 Å². The van der Waals surface area contributed by atoms with E-state index in [0.29, 0.717) is 23.4 Å². The second-order valence-corrected chi connectivity index (χ2v) is 6.54. The summed E-state index contributed by atoms with van der Waals surface area (Å²) in [5.74, 6) is 0.976. The fourth-order valence-corrected chi connectivity index (χ4v) is 3.28. The van der Waals surface area contributed by atoms with E-state index in [1.54, 1.807) is 22.8 Å². The highest BCUT2D eigenvalue weighted by Gasteiger charge is 2.19. The fourth-order valence-electron chi connectivity index (χ4n) is 3.28. The maximum atomic E-state index is 10.0. The number of rotatable bonds is 4. The molecule has 3 aromatic rings. The number of hydrogen-bond donors (Lipinski definition) is 4. The molecule has 1 aromatic carbocycles. The van der Waals surface area contributed by atoms with Gasteiger partial charge in [-0.15, -0.1) is 5.10 Å². The molecule has 1 aliphatic rings. The van der Waals surface area contributed by atoms with Crippen LogP contribution in [0, 0.1) is 0 Å². The zero-order valence-corrected chi connectivity index (χ0v) is 13.9. The van der Waals surface area contributed by atoms with Crippen molar-refractivity contribution in [2.75, 3.05) is 10.6 Å². The highest BCUT2D eigenvalue weighted by Crippen LogP contribution is 2.29. The van der Waals surface area contributed by atoms with E-state index in [4.69, 9.17) is 5.73 Å². The molecule has 2 heterocycles. The second-order valence-electron chi connectivity index (χ2n) is 6.54. The molecule has 7 nitrogen and oxygen atoms in total. The van der Waals surface area contributed by atoms with Crippen LogP contribution in [0.1, 0.15) is 25.7 Å². The second kappa shape index (κ2) is 6.60. The molecule has 7 heteroatoms. The number of anilines is 3. The van der Waals surface area contributed by atoms with Crippen molar-refractivity contribution in [2.24, 2.45) is 5.73 Å². The number of aromatic hydroxyl groups is 1. The van der Waals surface area contributed by atoms with Gasteiger partial charge >= 0.3 is 0 Å². The molecule has 0 atom stereocenters. The summed E-state index contributed by atoms with van der Waals surface area (Å²) in [6, 6.07) is 9.77. The molecule has 130 valence electrons. The predicted molar refractivity (Wildman–Crippen MR) is 98.2 cm³/mol. The Morgan fingerprint density at radius 3 is 2.72 bits per heavy atom. The molecule has 2 aromatic heterocycles. The van der Waals surface area contributed by atoms with E-state index in [2.05, 4.69) is 20.7 Å². The molecular formula is C18H22N6O. The van der Waals surface area contributed by atoms with Crippen LogP contribution < -0.4 is 16.4 Å². The standard InChI is InChI=1S/C18H22N6O/c19-12-5-7-13(8-6-12)21-17-11-15(18-20-9-10-24(18)23-17)22-14-3-1-2-4-16(14)25/h1-4,9-13,22,25H,5-8,19H2,(H,21,23). The van der Waals surface area contributed by atoms with Crippen molar-refractivity contribution in [3.05, 3.63) is 42.7 Å². The molecule has 1 fully saturated rings. The number of nitrogens with two attached hydrogens (primary N) is 1. The zero-order chi connectivity index (χ0) is 17.2. The van der Waals surface area contributed by atoms with Crippen LogP contribution in [0.4, 0.5) is 17.2 Å². The molecule has 0 aliphatic heterocycles. The lowest BCUT2D eigenvalue weighted by molar-refractivity contribution is 0.410. The van der Waals surface area contributed by atoms with Crippen LogP contribution in [0.2, 0.25) is 0 Å². The lowest BCUT2D eigenvalue weighted by atomic mass is 9.92. The molecule has 4 rings (SSSR count). The molecule has 5 N–H and O–H groups in total. The minimum Gasteiger partial charge on any atom is -0.506 e. The van der Waals surface area contributed by atoms with E-state index >= 15 is 0 Å².